The molecule has 0 radical (unpaired) electrons. The lowest BCUT2D eigenvalue weighted by Crippen LogP contribution is -2.03. The van der Waals surface area contributed by atoms with Gasteiger partial charge in [-0.2, -0.15) is 4.68 Å². The summed E-state index contributed by atoms with van der Waals surface area (Å²) in [5, 5.41) is 11.7. The van der Waals surface area contributed by atoms with Gasteiger partial charge in [0.05, 0.1) is 10.7 Å². The van der Waals surface area contributed by atoms with Crippen LogP contribution in [0.4, 0.5) is 10.1 Å². The molecule has 1 aromatic heterocycles. The summed E-state index contributed by atoms with van der Waals surface area (Å²) in [6.45, 7) is 1.81. The maximum atomic E-state index is 14.1. The monoisotopic (exact) mass is 303 g/mol. The summed E-state index contributed by atoms with van der Waals surface area (Å²) in [7, 11) is 0. The molecule has 0 bridgehead atoms. The second-order valence-electron chi connectivity index (χ2n) is 4.58. The molecule has 3 aromatic rings. The number of nitrogens with two attached hydrogens (primary N) is 1. The fraction of sp³-hybridized carbons (Fsp3) is 0.0714. The summed E-state index contributed by atoms with van der Waals surface area (Å²) in [6.07, 6.45) is 0. The first-order valence-corrected chi connectivity index (χ1v) is 6.55. The van der Waals surface area contributed by atoms with Crippen molar-refractivity contribution in [2.75, 3.05) is 5.73 Å². The molecule has 0 fully saturated rings. The number of hydrogen-bond acceptors (Lipinski definition) is 4. The third-order valence-corrected chi connectivity index (χ3v) is 3.49. The standard InChI is InChI=1S/C14H11ClFN5/c1-8-5-6-12(10(16)7-8)21-14(18-19-20-21)9-3-2-4-11(17)13(9)15/h2-7H,17H2,1H3. The van der Waals surface area contributed by atoms with E-state index in [1.807, 2.05) is 6.92 Å². The number of aryl methyl sites for hydroxylation is 1. The number of tetrazole rings is 1. The molecule has 0 amide bonds. The summed E-state index contributed by atoms with van der Waals surface area (Å²) in [5.74, 6) is -0.0846. The Hall–Kier alpha value is -2.47. The molecule has 0 spiro atoms. The van der Waals surface area contributed by atoms with Gasteiger partial charge in [0, 0.05) is 5.56 Å². The van der Waals surface area contributed by atoms with Gasteiger partial charge in [-0.15, -0.1) is 5.10 Å². The van der Waals surface area contributed by atoms with Crippen molar-refractivity contribution in [1.29, 1.82) is 0 Å². The number of hydrogen-bond donors (Lipinski definition) is 1. The molecule has 0 aliphatic carbocycles. The summed E-state index contributed by atoms with van der Waals surface area (Å²) in [4.78, 5) is 0. The summed E-state index contributed by atoms with van der Waals surface area (Å²) in [6, 6.07) is 9.96. The first kappa shape index (κ1) is 13.5. The van der Waals surface area contributed by atoms with Crippen LogP contribution >= 0.6 is 11.6 Å². The van der Waals surface area contributed by atoms with Gasteiger partial charge in [0.2, 0.25) is 0 Å². The minimum Gasteiger partial charge on any atom is -0.398 e. The van der Waals surface area contributed by atoms with Crippen LogP contribution in [0.3, 0.4) is 0 Å². The van der Waals surface area contributed by atoms with E-state index in [4.69, 9.17) is 17.3 Å². The van der Waals surface area contributed by atoms with Crippen LogP contribution in [-0.2, 0) is 0 Å². The van der Waals surface area contributed by atoms with Crippen molar-refractivity contribution >= 4 is 17.3 Å². The molecule has 0 saturated carbocycles. The average Bonchev–Trinajstić information content (AvgIpc) is 2.91. The van der Waals surface area contributed by atoms with Crippen LogP contribution in [0.5, 0.6) is 0 Å². The van der Waals surface area contributed by atoms with E-state index in [-0.39, 0.29) is 5.69 Å². The Kier molecular flexibility index (Phi) is 3.31. The highest BCUT2D eigenvalue weighted by Gasteiger charge is 2.17. The zero-order valence-corrected chi connectivity index (χ0v) is 11.8. The second-order valence-corrected chi connectivity index (χ2v) is 4.96. The van der Waals surface area contributed by atoms with Crippen molar-refractivity contribution in [3.8, 4) is 17.1 Å². The summed E-state index contributed by atoms with van der Waals surface area (Å²) < 4.78 is 15.4. The zero-order valence-electron chi connectivity index (χ0n) is 11.1. The molecule has 21 heavy (non-hydrogen) atoms. The predicted octanol–water partition coefficient (Wildman–Crippen LogP) is 3.01. The van der Waals surface area contributed by atoms with Crippen molar-refractivity contribution < 1.29 is 4.39 Å². The summed E-state index contributed by atoms with van der Waals surface area (Å²) >= 11 is 6.18. The number of nitrogen functional groups attached to an aromatic ring is 1. The second kappa shape index (κ2) is 5.14. The lowest BCUT2D eigenvalue weighted by atomic mass is 10.1. The van der Waals surface area contributed by atoms with Gasteiger partial charge in [0.25, 0.3) is 0 Å². The molecule has 3 rings (SSSR count). The lowest BCUT2D eigenvalue weighted by Gasteiger charge is -2.08. The van der Waals surface area contributed by atoms with Crippen molar-refractivity contribution in [1.82, 2.24) is 20.2 Å². The molecular weight excluding hydrogens is 293 g/mol. The minimum absolute atomic E-state index is 0.249. The number of aromatic nitrogens is 4. The molecule has 0 unspecified atom stereocenters. The van der Waals surface area contributed by atoms with E-state index >= 15 is 0 Å². The molecule has 1 heterocycles. The van der Waals surface area contributed by atoms with Gasteiger partial charge in [0.15, 0.2) is 5.82 Å². The third kappa shape index (κ3) is 2.34. The van der Waals surface area contributed by atoms with E-state index in [0.717, 1.165) is 5.56 Å². The Balaban J connectivity index is 2.20. The Morgan fingerprint density at radius 2 is 2.05 bits per heavy atom. The first-order valence-electron chi connectivity index (χ1n) is 6.17. The zero-order chi connectivity index (χ0) is 15.0. The fourth-order valence-electron chi connectivity index (χ4n) is 2.02. The van der Waals surface area contributed by atoms with Crippen molar-refractivity contribution in [2.24, 2.45) is 0 Å². The van der Waals surface area contributed by atoms with Crippen LogP contribution < -0.4 is 5.73 Å². The minimum atomic E-state index is -0.413. The third-order valence-electron chi connectivity index (χ3n) is 3.07. The van der Waals surface area contributed by atoms with E-state index in [1.165, 1.54) is 10.7 Å². The number of anilines is 1. The van der Waals surface area contributed by atoms with Gasteiger partial charge in [-0.05, 0) is 47.2 Å². The lowest BCUT2D eigenvalue weighted by molar-refractivity contribution is 0.606. The van der Waals surface area contributed by atoms with Crippen LogP contribution in [0.15, 0.2) is 36.4 Å². The SMILES string of the molecule is Cc1ccc(-n2nnnc2-c2cccc(N)c2Cl)c(F)c1. The first-order chi connectivity index (χ1) is 10.1. The van der Waals surface area contributed by atoms with Gasteiger partial charge in [-0.25, -0.2) is 4.39 Å². The van der Waals surface area contributed by atoms with Crippen molar-refractivity contribution in [2.45, 2.75) is 6.92 Å². The van der Waals surface area contributed by atoms with Gasteiger partial charge >= 0.3 is 0 Å². The molecule has 2 aromatic carbocycles. The molecule has 0 aliphatic rings. The van der Waals surface area contributed by atoms with Crippen LogP contribution in [0.2, 0.25) is 5.02 Å². The molecule has 0 aliphatic heterocycles. The quantitative estimate of drug-likeness (QED) is 0.739. The van der Waals surface area contributed by atoms with Gasteiger partial charge < -0.3 is 5.73 Å². The Morgan fingerprint density at radius 3 is 2.81 bits per heavy atom. The maximum Gasteiger partial charge on any atom is 0.188 e. The van der Waals surface area contributed by atoms with Crippen LogP contribution in [0, 0.1) is 12.7 Å². The maximum absolute atomic E-state index is 14.1. The number of rotatable bonds is 2. The smallest absolute Gasteiger partial charge is 0.188 e. The van der Waals surface area contributed by atoms with Crippen molar-refractivity contribution in [3.05, 3.63) is 52.8 Å². The van der Waals surface area contributed by atoms with Crippen LogP contribution in [0.1, 0.15) is 5.56 Å². The molecule has 106 valence electrons. The Labute approximate surface area is 125 Å². The Morgan fingerprint density at radius 1 is 1.24 bits per heavy atom. The normalized spacial score (nSPS) is 10.8. The topological polar surface area (TPSA) is 69.6 Å². The largest absolute Gasteiger partial charge is 0.398 e. The summed E-state index contributed by atoms with van der Waals surface area (Å²) in [5.41, 5.74) is 7.80. The van der Waals surface area contributed by atoms with E-state index in [0.29, 0.717) is 22.1 Å². The van der Waals surface area contributed by atoms with Gasteiger partial charge in [0.1, 0.15) is 11.5 Å². The molecule has 5 nitrogen and oxygen atoms in total. The Bertz CT molecular complexity index is 815. The fourth-order valence-corrected chi connectivity index (χ4v) is 2.23. The van der Waals surface area contributed by atoms with E-state index < -0.39 is 5.82 Å². The molecule has 7 heteroatoms. The molecule has 0 saturated heterocycles. The van der Waals surface area contributed by atoms with E-state index in [1.54, 1.807) is 30.3 Å². The van der Waals surface area contributed by atoms with Gasteiger partial charge in [-0.3, -0.25) is 0 Å². The molecule has 0 atom stereocenters. The van der Waals surface area contributed by atoms with Crippen LogP contribution in [-0.4, -0.2) is 20.2 Å². The molecular formula is C14H11ClFN5. The van der Waals surface area contributed by atoms with E-state index in [2.05, 4.69) is 15.5 Å². The van der Waals surface area contributed by atoms with E-state index in [9.17, 15) is 4.39 Å². The van der Waals surface area contributed by atoms with Crippen molar-refractivity contribution in [3.63, 3.8) is 0 Å². The highest BCUT2D eigenvalue weighted by molar-refractivity contribution is 6.35. The number of benzene rings is 2. The van der Waals surface area contributed by atoms with Crippen LogP contribution in [0.25, 0.3) is 17.1 Å². The number of nitrogens with zero attached hydrogens (tertiary/aromatic N) is 4. The average molecular weight is 304 g/mol. The van der Waals surface area contributed by atoms with Gasteiger partial charge in [-0.1, -0.05) is 23.7 Å². The number of halogens is 2. The highest BCUT2D eigenvalue weighted by atomic mass is 35.5. The predicted molar refractivity (Wildman–Crippen MR) is 78.7 cm³/mol. The highest BCUT2D eigenvalue weighted by Crippen LogP contribution is 2.31. The molecule has 2 N–H and O–H groups in total.